The maximum absolute atomic E-state index is 2.38. The van der Waals surface area contributed by atoms with Crippen LogP contribution >= 0.6 is 0 Å². The third kappa shape index (κ3) is 58.5. The third-order valence-electron chi connectivity index (χ3n) is 20.4. The first kappa shape index (κ1) is 108. The molecule has 0 aliphatic heterocycles. The lowest BCUT2D eigenvalue weighted by Crippen LogP contribution is -2.10. The van der Waals surface area contributed by atoms with Crippen LogP contribution in [0, 0.1) is 117 Å². The molecule has 0 bridgehead atoms. The van der Waals surface area contributed by atoms with Gasteiger partial charge in [-0.3, -0.25) is 0 Å². The van der Waals surface area contributed by atoms with Crippen molar-refractivity contribution in [2.24, 2.45) is 47.3 Å². The number of allylic oxidation sites excluding steroid dienone is 7. The van der Waals surface area contributed by atoms with E-state index in [4.69, 9.17) is 0 Å². The smallest absolute Gasteiger partial charge is 0.00182 e. The van der Waals surface area contributed by atoms with Gasteiger partial charge in [-0.2, -0.15) is 0 Å². The van der Waals surface area contributed by atoms with Crippen LogP contribution in [0.2, 0.25) is 0 Å². The number of hydrogen-bond donors (Lipinski definition) is 0. The van der Waals surface area contributed by atoms with Gasteiger partial charge in [0, 0.05) is 5.92 Å². The van der Waals surface area contributed by atoms with E-state index in [0.717, 1.165) is 59.7 Å². The van der Waals surface area contributed by atoms with Gasteiger partial charge in [-0.05, 0) is 228 Å². The maximum Gasteiger partial charge on any atom is 0.00182 e. The quantitative estimate of drug-likeness (QED) is 0.151. The number of unbranched alkanes of at least 4 members (excludes halogenated alkanes) is 1. The van der Waals surface area contributed by atoms with Crippen molar-refractivity contribution in [3.8, 4) is 0 Å². The highest BCUT2D eigenvalue weighted by atomic mass is 14.3. The Morgan fingerprint density at radius 3 is 0.870 bits per heavy atom. The van der Waals surface area contributed by atoms with Crippen LogP contribution in [0.3, 0.4) is 0 Å². The summed E-state index contributed by atoms with van der Waals surface area (Å²) in [4.78, 5) is 0. The van der Waals surface area contributed by atoms with Crippen LogP contribution in [0.1, 0.15) is 338 Å². The van der Waals surface area contributed by atoms with Crippen molar-refractivity contribution >= 4 is 6.08 Å². The zero-order valence-electron chi connectivity index (χ0n) is 73.0. The average molecular weight is 1470 g/mol. The lowest BCUT2D eigenvalue weighted by Gasteiger charge is -2.26. The summed E-state index contributed by atoms with van der Waals surface area (Å²) in [5.41, 5.74) is 19.2. The highest BCUT2D eigenvalue weighted by Gasteiger charge is 2.20. The molecule has 3 fully saturated rings. The Labute approximate surface area is 675 Å². The molecule has 0 nitrogen and oxygen atoms in total. The topological polar surface area (TPSA) is 0 Å². The Kier molecular flexibility index (Phi) is 68.4. The van der Waals surface area contributed by atoms with Crippen molar-refractivity contribution in [2.45, 2.75) is 336 Å². The molecule has 0 aromatic heterocycles. The lowest BCUT2D eigenvalue weighted by molar-refractivity contribution is 0.308. The van der Waals surface area contributed by atoms with Crippen molar-refractivity contribution in [2.75, 3.05) is 0 Å². The number of rotatable bonds is 5. The van der Waals surface area contributed by atoms with E-state index in [2.05, 4.69) is 359 Å². The molecule has 6 atom stereocenters. The summed E-state index contributed by atoms with van der Waals surface area (Å²) in [5, 5.41) is 0. The van der Waals surface area contributed by atoms with E-state index < -0.39 is 0 Å². The zero-order chi connectivity index (χ0) is 78.7. The number of aryl methyl sites for hydroxylation is 11. The van der Waals surface area contributed by atoms with Crippen LogP contribution < -0.4 is 0 Å². The molecular formula is C108H174. The summed E-state index contributed by atoms with van der Waals surface area (Å²) >= 11 is 0. The lowest BCUT2D eigenvalue weighted by atomic mass is 9.79. The predicted octanol–water partition coefficient (Wildman–Crippen LogP) is 35.4. The zero-order valence-corrected chi connectivity index (χ0v) is 73.0. The van der Waals surface area contributed by atoms with Gasteiger partial charge >= 0.3 is 0 Å². The summed E-state index contributed by atoms with van der Waals surface area (Å²) in [7, 11) is 0. The summed E-state index contributed by atoms with van der Waals surface area (Å²) in [6.07, 6.45) is 43.9. The van der Waals surface area contributed by atoms with Gasteiger partial charge in [-0.25, -0.2) is 0 Å². The van der Waals surface area contributed by atoms with Gasteiger partial charge in [0.15, 0.2) is 0 Å². The Morgan fingerprint density at radius 1 is 0.296 bits per heavy atom. The van der Waals surface area contributed by atoms with Crippen LogP contribution in [-0.4, -0.2) is 0 Å². The summed E-state index contributed by atoms with van der Waals surface area (Å²) in [5.74, 6) is 8.99. The molecule has 606 valence electrons. The first-order chi connectivity index (χ1) is 50.1. The van der Waals surface area contributed by atoms with Gasteiger partial charge < -0.3 is 0 Å². The standard InChI is InChI=1S/C14H20.C14H18.C10H12.C9H12.C8H16.C8H14.3C8H10.C7H14.C4H10.C4H8.C3H8.3CH4/c2*1-11-3-7-13(8-4-11)14-9-5-12(2)6-10-14;1-3-4-10-7-5-9(2)6-8-10;1-3-9-6-4-8(2)5-7-9;3*1-7-3-5-8(2)6-4-7;1-7-4-3-5-8(2)6-7;1-7-5-3-4-6-8(7)2;1-6-3-4-7(2)5-6;2*1-3-4-2;1-3-2;;;/h3-4,7-8,12,14H,5-6,9-10H2,1-2H3;3-5,7-9,12,14H,6,10H2,1-2H3;3-8H,1-2H3;4-7H,3H2,1-2H3;7-8H,3-6H2,1-2H3;3,5,7-8H,4,6H2,1-2H3;3*3-6H,1-2H3;6-7H,3-5H2,1-2H3;3-4H2,1-2H3;3-4H,1-2H3;3H2,1-2H3;3*1H4. The van der Waals surface area contributed by atoms with Crippen LogP contribution in [0.15, 0.2) is 212 Å². The van der Waals surface area contributed by atoms with Crippen molar-refractivity contribution < 1.29 is 0 Å². The van der Waals surface area contributed by atoms with Crippen LogP contribution in [0.5, 0.6) is 0 Å². The molecular weight excluding hydrogens is 1300 g/mol. The van der Waals surface area contributed by atoms with Crippen LogP contribution in [0.4, 0.5) is 0 Å². The fourth-order valence-corrected chi connectivity index (χ4v) is 12.3. The van der Waals surface area contributed by atoms with E-state index in [1.165, 1.54) is 188 Å². The molecule has 7 aromatic rings. The molecule has 5 aliphatic carbocycles. The molecule has 7 aromatic carbocycles. The molecule has 3 saturated carbocycles. The molecule has 12 rings (SSSR count). The Balaban J connectivity index is -0.000000550. The minimum Gasteiger partial charge on any atom is -0.0919 e. The molecule has 0 heterocycles. The van der Waals surface area contributed by atoms with Gasteiger partial charge in [0.05, 0.1) is 0 Å². The first-order valence-electron chi connectivity index (χ1n) is 42.1. The molecule has 0 N–H and O–H groups in total. The van der Waals surface area contributed by atoms with Crippen molar-refractivity contribution in [3.63, 3.8) is 0 Å². The van der Waals surface area contributed by atoms with E-state index >= 15 is 0 Å². The highest BCUT2D eigenvalue weighted by molar-refractivity contribution is 5.49. The van der Waals surface area contributed by atoms with Gasteiger partial charge in [0.1, 0.15) is 0 Å². The summed E-state index contributed by atoms with van der Waals surface area (Å²) in [6, 6.07) is 60.5. The molecule has 5 aliphatic rings. The Morgan fingerprint density at radius 2 is 0.602 bits per heavy atom. The fourth-order valence-electron chi connectivity index (χ4n) is 12.3. The Bertz CT molecular complexity index is 3120. The van der Waals surface area contributed by atoms with Gasteiger partial charge in [0.2, 0.25) is 0 Å². The van der Waals surface area contributed by atoms with E-state index in [1.54, 1.807) is 5.56 Å². The van der Waals surface area contributed by atoms with E-state index in [9.17, 15) is 0 Å². The van der Waals surface area contributed by atoms with Crippen LogP contribution in [0.25, 0.3) is 6.08 Å². The molecule has 0 saturated heterocycles. The van der Waals surface area contributed by atoms with Gasteiger partial charge in [-0.1, -0.05) is 446 Å². The van der Waals surface area contributed by atoms with Crippen LogP contribution in [-0.2, 0) is 6.42 Å². The van der Waals surface area contributed by atoms with Gasteiger partial charge in [0.25, 0.3) is 0 Å². The van der Waals surface area contributed by atoms with Gasteiger partial charge in [-0.15, -0.1) is 0 Å². The second kappa shape index (κ2) is 68.5. The number of hydrogen-bond acceptors (Lipinski definition) is 0. The normalized spacial score (nSPS) is 20.1. The average Bonchev–Trinajstić information content (AvgIpc) is 1.60. The predicted molar refractivity (Wildman–Crippen MR) is 500 cm³/mol. The van der Waals surface area contributed by atoms with E-state index in [1.807, 2.05) is 39.0 Å². The fraction of sp³-hybridized carbons (Fsp3) is 0.537. The molecule has 0 radical (unpaired) electrons. The molecule has 0 spiro atoms. The monoisotopic (exact) mass is 1470 g/mol. The molecule has 0 amide bonds. The highest BCUT2D eigenvalue weighted by Crippen LogP contribution is 2.36. The molecule has 0 heteroatoms. The third-order valence-corrected chi connectivity index (χ3v) is 20.4. The Hall–Kier alpha value is -6.50. The summed E-state index contributed by atoms with van der Waals surface area (Å²) < 4.78 is 0. The minimum absolute atomic E-state index is 0. The SMILES string of the molecule is C.C.C.CC1C=CC(C)CC1.CC1CCC(C)C1.CC1CCC(C)CC1.CC=CC.CC=Cc1ccc(C)cc1.CCC.CCCC.CCc1ccc(C)cc1.Cc1ccc(C)cc1.Cc1ccc(C2C=CC(C)CC2)cc1.Cc1ccc(C2CCC(C)CC2)cc1.Cc1cccc(C)c1.Cc1ccccc1C. The largest absolute Gasteiger partial charge is 0.0919 e. The molecule has 108 heavy (non-hydrogen) atoms. The maximum atomic E-state index is 2.38. The van der Waals surface area contributed by atoms with Crippen molar-refractivity contribution in [1.82, 2.24) is 0 Å². The van der Waals surface area contributed by atoms with Crippen molar-refractivity contribution in [1.29, 1.82) is 0 Å². The second-order valence-corrected chi connectivity index (χ2v) is 32.2. The first-order valence-corrected chi connectivity index (χ1v) is 42.1. The minimum atomic E-state index is 0. The second-order valence-electron chi connectivity index (χ2n) is 32.2. The van der Waals surface area contributed by atoms with E-state index in [0.29, 0.717) is 5.92 Å². The number of benzene rings is 7. The van der Waals surface area contributed by atoms with Crippen molar-refractivity contribution in [3.05, 3.63) is 290 Å². The molecule has 6 unspecified atom stereocenters. The van der Waals surface area contributed by atoms with E-state index in [-0.39, 0.29) is 22.3 Å². The summed E-state index contributed by atoms with van der Waals surface area (Å²) in [6.45, 7) is 56.6.